The van der Waals surface area contributed by atoms with E-state index < -0.39 is 0 Å². The molecule has 7 heteroatoms. The molecule has 3 aromatic rings. The van der Waals surface area contributed by atoms with E-state index in [1.54, 1.807) is 10.9 Å². The van der Waals surface area contributed by atoms with Crippen LogP contribution in [-0.4, -0.2) is 20.7 Å². The SMILES string of the molecule is Cc1ccc2nc(NC(=O)CCn3cc(Cl)c(C)n3)sc2c1. The average molecular weight is 335 g/mol. The molecule has 0 aliphatic heterocycles. The van der Waals surface area contributed by atoms with Crippen LogP contribution in [0.15, 0.2) is 24.4 Å². The van der Waals surface area contributed by atoms with Crippen LogP contribution in [0.25, 0.3) is 10.2 Å². The highest BCUT2D eigenvalue weighted by Gasteiger charge is 2.09. The Hall–Kier alpha value is -1.92. The Morgan fingerprint density at radius 2 is 2.23 bits per heavy atom. The van der Waals surface area contributed by atoms with Gasteiger partial charge in [0.1, 0.15) is 0 Å². The molecular formula is C15H15ClN4OS. The molecule has 0 aliphatic carbocycles. The first-order valence-corrected chi connectivity index (χ1v) is 8.07. The topological polar surface area (TPSA) is 59.8 Å². The molecule has 0 radical (unpaired) electrons. The summed E-state index contributed by atoms with van der Waals surface area (Å²) in [6, 6.07) is 6.04. The highest BCUT2D eigenvalue weighted by Crippen LogP contribution is 2.26. The van der Waals surface area contributed by atoms with Crippen molar-refractivity contribution in [2.45, 2.75) is 26.8 Å². The number of aromatic nitrogens is 3. The summed E-state index contributed by atoms with van der Waals surface area (Å²) in [5, 5.41) is 8.30. The first-order valence-electron chi connectivity index (χ1n) is 6.88. The van der Waals surface area contributed by atoms with Crippen LogP contribution in [0.4, 0.5) is 5.13 Å². The Kier molecular flexibility index (Phi) is 4.13. The van der Waals surface area contributed by atoms with Gasteiger partial charge in [0.25, 0.3) is 0 Å². The number of nitrogens with one attached hydrogen (secondary N) is 1. The number of thiazole rings is 1. The highest BCUT2D eigenvalue weighted by molar-refractivity contribution is 7.22. The molecule has 22 heavy (non-hydrogen) atoms. The Bertz CT molecular complexity index is 820. The van der Waals surface area contributed by atoms with E-state index in [0.29, 0.717) is 23.1 Å². The second-order valence-electron chi connectivity index (χ2n) is 5.11. The summed E-state index contributed by atoms with van der Waals surface area (Å²) in [6.45, 7) is 4.36. The number of rotatable bonds is 4. The maximum atomic E-state index is 12.0. The molecule has 1 N–H and O–H groups in total. The number of hydrogen-bond acceptors (Lipinski definition) is 4. The number of carbonyl (C=O) groups is 1. The molecule has 0 fully saturated rings. The Morgan fingerprint density at radius 1 is 1.41 bits per heavy atom. The number of benzene rings is 1. The first kappa shape index (κ1) is 15.0. The molecule has 114 valence electrons. The van der Waals surface area contributed by atoms with Gasteiger partial charge in [-0.1, -0.05) is 29.0 Å². The lowest BCUT2D eigenvalue weighted by atomic mass is 10.2. The predicted octanol–water partition coefficient (Wildman–Crippen LogP) is 3.79. The van der Waals surface area contributed by atoms with Gasteiger partial charge in [-0.3, -0.25) is 9.48 Å². The van der Waals surface area contributed by atoms with Crippen LogP contribution in [-0.2, 0) is 11.3 Å². The van der Waals surface area contributed by atoms with Gasteiger partial charge in [0.2, 0.25) is 5.91 Å². The lowest BCUT2D eigenvalue weighted by molar-refractivity contribution is -0.116. The van der Waals surface area contributed by atoms with Gasteiger partial charge in [-0.05, 0) is 31.5 Å². The van der Waals surface area contributed by atoms with Crippen molar-refractivity contribution in [1.29, 1.82) is 0 Å². The van der Waals surface area contributed by atoms with Gasteiger partial charge < -0.3 is 5.32 Å². The molecule has 0 aliphatic rings. The van der Waals surface area contributed by atoms with Crippen LogP contribution >= 0.6 is 22.9 Å². The van der Waals surface area contributed by atoms with Crippen LogP contribution in [0.3, 0.4) is 0 Å². The zero-order chi connectivity index (χ0) is 15.7. The second kappa shape index (κ2) is 6.06. The zero-order valence-electron chi connectivity index (χ0n) is 12.3. The predicted molar refractivity (Wildman–Crippen MR) is 89.6 cm³/mol. The lowest BCUT2D eigenvalue weighted by Crippen LogP contribution is -2.14. The van der Waals surface area contributed by atoms with Gasteiger partial charge in [-0.2, -0.15) is 5.10 Å². The third kappa shape index (κ3) is 3.28. The normalized spacial score (nSPS) is 11.0. The van der Waals surface area contributed by atoms with Crippen LogP contribution in [0, 0.1) is 13.8 Å². The number of fused-ring (bicyclic) bond motifs is 1. The smallest absolute Gasteiger partial charge is 0.228 e. The lowest BCUT2D eigenvalue weighted by Gasteiger charge is -2.01. The number of halogens is 1. The Balaban J connectivity index is 1.62. The van der Waals surface area contributed by atoms with Crippen molar-refractivity contribution in [3.05, 3.63) is 40.7 Å². The molecule has 1 amide bonds. The van der Waals surface area contributed by atoms with E-state index in [1.165, 1.54) is 16.9 Å². The summed E-state index contributed by atoms with van der Waals surface area (Å²) >= 11 is 7.42. The molecular weight excluding hydrogens is 320 g/mol. The molecule has 0 atom stereocenters. The minimum atomic E-state index is -0.0833. The van der Waals surface area contributed by atoms with Gasteiger partial charge in [0, 0.05) is 19.2 Å². The second-order valence-corrected chi connectivity index (χ2v) is 6.55. The van der Waals surface area contributed by atoms with E-state index in [-0.39, 0.29) is 5.91 Å². The Morgan fingerprint density at radius 3 is 2.95 bits per heavy atom. The largest absolute Gasteiger partial charge is 0.302 e. The summed E-state index contributed by atoms with van der Waals surface area (Å²) in [5.41, 5.74) is 2.85. The fourth-order valence-electron chi connectivity index (χ4n) is 2.09. The molecule has 1 aromatic carbocycles. The van der Waals surface area contributed by atoms with Crippen molar-refractivity contribution in [3.8, 4) is 0 Å². The van der Waals surface area contributed by atoms with Gasteiger partial charge in [-0.15, -0.1) is 0 Å². The summed E-state index contributed by atoms with van der Waals surface area (Å²) < 4.78 is 2.75. The molecule has 0 spiro atoms. The molecule has 0 saturated heterocycles. The standard InChI is InChI=1S/C15H15ClN4OS/c1-9-3-4-12-13(7-9)22-15(17-12)18-14(21)5-6-20-8-11(16)10(2)19-20/h3-4,7-8H,5-6H2,1-2H3,(H,17,18,21). The van der Waals surface area contributed by atoms with Crippen molar-refractivity contribution >= 4 is 44.2 Å². The number of aryl methyl sites for hydroxylation is 3. The molecule has 2 heterocycles. The van der Waals surface area contributed by atoms with E-state index in [2.05, 4.69) is 21.5 Å². The van der Waals surface area contributed by atoms with Crippen LogP contribution in [0.5, 0.6) is 0 Å². The quantitative estimate of drug-likeness (QED) is 0.789. The van der Waals surface area contributed by atoms with Crippen molar-refractivity contribution in [3.63, 3.8) is 0 Å². The summed E-state index contributed by atoms with van der Waals surface area (Å²) in [5.74, 6) is -0.0833. The fourth-order valence-corrected chi connectivity index (χ4v) is 3.22. The molecule has 5 nitrogen and oxygen atoms in total. The van der Waals surface area contributed by atoms with E-state index in [4.69, 9.17) is 11.6 Å². The van der Waals surface area contributed by atoms with E-state index >= 15 is 0 Å². The summed E-state index contributed by atoms with van der Waals surface area (Å²) in [6.07, 6.45) is 2.05. The van der Waals surface area contributed by atoms with Crippen LogP contribution < -0.4 is 5.32 Å². The van der Waals surface area contributed by atoms with Crippen LogP contribution in [0.1, 0.15) is 17.7 Å². The van der Waals surface area contributed by atoms with E-state index in [9.17, 15) is 4.79 Å². The van der Waals surface area contributed by atoms with Gasteiger partial charge >= 0.3 is 0 Å². The van der Waals surface area contributed by atoms with E-state index in [1.807, 2.05) is 26.0 Å². The number of hydrogen-bond donors (Lipinski definition) is 1. The summed E-state index contributed by atoms with van der Waals surface area (Å²) in [7, 11) is 0. The van der Waals surface area contributed by atoms with Crippen molar-refractivity contribution < 1.29 is 4.79 Å². The maximum absolute atomic E-state index is 12.0. The highest BCUT2D eigenvalue weighted by atomic mass is 35.5. The maximum Gasteiger partial charge on any atom is 0.228 e. The molecule has 3 rings (SSSR count). The fraction of sp³-hybridized carbons (Fsp3) is 0.267. The molecule has 2 aromatic heterocycles. The molecule has 0 bridgehead atoms. The third-order valence-corrected chi connectivity index (χ3v) is 4.55. The van der Waals surface area contributed by atoms with Gasteiger partial charge in [0.05, 0.1) is 20.9 Å². The Labute approximate surface area is 136 Å². The zero-order valence-corrected chi connectivity index (χ0v) is 13.8. The van der Waals surface area contributed by atoms with E-state index in [0.717, 1.165) is 15.9 Å². The van der Waals surface area contributed by atoms with Gasteiger partial charge in [-0.25, -0.2) is 4.98 Å². The number of carbonyl (C=O) groups excluding carboxylic acids is 1. The van der Waals surface area contributed by atoms with Crippen LogP contribution in [0.2, 0.25) is 5.02 Å². The minimum Gasteiger partial charge on any atom is -0.302 e. The third-order valence-electron chi connectivity index (χ3n) is 3.24. The number of nitrogens with zero attached hydrogens (tertiary/aromatic N) is 3. The molecule has 0 saturated carbocycles. The van der Waals surface area contributed by atoms with Crippen molar-refractivity contribution in [2.24, 2.45) is 0 Å². The number of amides is 1. The summed E-state index contributed by atoms with van der Waals surface area (Å²) in [4.78, 5) is 16.4. The minimum absolute atomic E-state index is 0.0833. The number of anilines is 1. The monoisotopic (exact) mass is 334 g/mol. The van der Waals surface area contributed by atoms with Gasteiger partial charge in [0.15, 0.2) is 5.13 Å². The molecule has 0 unspecified atom stereocenters. The average Bonchev–Trinajstić information content (AvgIpc) is 2.99. The first-order chi connectivity index (χ1) is 10.5. The van der Waals surface area contributed by atoms with Crippen molar-refractivity contribution in [2.75, 3.05) is 5.32 Å². The van der Waals surface area contributed by atoms with Crippen molar-refractivity contribution in [1.82, 2.24) is 14.8 Å².